The Bertz CT molecular complexity index is 974. The molecule has 0 fully saturated rings. The first kappa shape index (κ1) is 25.7. The number of hydrogen-bond donors (Lipinski definition) is 2. The third-order valence-corrected chi connectivity index (χ3v) is 7.89. The number of sulfone groups is 1. The average molecular weight is 463 g/mol. The van der Waals surface area contributed by atoms with E-state index in [4.69, 9.17) is 15.2 Å². The molecule has 3 N–H and O–H groups in total. The minimum atomic E-state index is -4.04. The molecular formula is C24H34N2O5S. The van der Waals surface area contributed by atoms with Gasteiger partial charge in [0.2, 0.25) is 5.91 Å². The molecule has 0 aliphatic carbocycles. The molecule has 8 heteroatoms. The molecule has 0 radical (unpaired) electrons. The molecule has 0 saturated carbocycles. The molecule has 2 rings (SSSR count). The molecule has 0 saturated heterocycles. The number of likely N-dealkylation sites (N-methyl/N-ethyl adjacent to an activating group) is 1. The third-order valence-electron chi connectivity index (χ3n) is 5.46. The number of rotatable bonds is 13. The van der Waals surface area contributed by atoms with Crippen molar-refractivity contribution in [1.82, 2.24) is 5.32 Å². The molecule has 0 aromatic heterocycles. The molecule has 0 heterocycles. The van der Waals surface area contributed by atoms with Gasteiger partial charge in [-0.1, -0.05) is 26.0 Å². The Morgan fingerprint density at radius 1 is 1.00 bits per heavy atom. The van der Waals surface area contributed by atoms with Gasteiger partial charge < -0.3 is 20.5 Å². The average Bonchev–Trinajstić information content (AvgIpc) is 2.78. The van der Waals surface area contributed by atoms with E-state index in [2.05, 4.69) is 19.2 Å². The van der Waals surface area contributed by atoms with Gasteiger partial charge in [0.05, 0.1) is 11.5 Å². The van der Waals surface area contributed by atoms with Gasteiger partial charge in [-0.05, 0) is 68.8 Å². The van der Waals surface area contributed by atoms with E-state index in [1.165, 1.54) is 19.1 Å². The highest BCUT2D eigenvalue weighted by atomic mass is 32.2. The summed E-state index contributed by atoms with van der Waals surface area (Å²) in [7, 11) is -4.04. The summed E-state index contributed by atoms with van der Waals surface area (Å²) in [6.07, 6.45) is 0.902. The van der Waals surface area contributed by atoms with E-state index in [0.717, 1.165) is 13.0 Å². The summed E-state index contributed by atoms with van der Waals surface area (Å²) < 4.78 is 36.1. The predicted octanol–water partition coefficient (Wildman–Crippen LogP) is 3.11. The molecule has 32 heavy (non-hydrogen) atoms. The minimum Gasteiger partial charge on any atom is -0.494 e. The molecule has 176 valence electrons. The molecule has 0 aliphatic rings. The number of primary amides is 1. The van der Waals surface area contributed by atoms with Gasteiger partial charge in [0, 0.05) is 12.5 Å². The summed E-state index contributed by atoms with van der Waals surface area (Å²) in [5, 5.41) is 3.35. The van der Waals surface area contributed by atoms with Crippen LogP contribution < -0.4 is 20.5 Å². The van der Waals surface area contributed by atoms with Crippen molar-refractivity contribution in [3.05, 3.63) is 54.1 Å². The van der Waals surface area contributed by atoms with Gasteiger partial charge in [0.25, 0.3) is 0 Å². The molecule has 2 atom stereocenters. The van der Waals surface area contributed by atoms with Crippen molar-refractivity contribution in [3.63, 3.8) is 0 Å². The molecule has 0 aliphatic heterocycles. The van der Waals surface area contributed by atoms with Gasteiger partial charge in [0.1, 0.15) is 18.1 Å². The molecular weight excluding hydrogens is 428 g/mol. The van der Waals surface area contributed by atoms with E-state index in [1.54, 1.807) is 36.4 Å². The molecule has 7 nitrogen and oxygen atoms in total. The maximum Gasteiger partial charge on any atom is 0.239 e. The van der Waals surface area contributed by atoms with E-state index in [1.807, 2.05) is 6.92 Å². The number of ether oxygens (including phenoxy) is 2. The lowest BCUT2D eigenvalue weighted by Gasteiger charge is -2.26. The van der Waals surface area contributed by atoms with Crippen molar-refractivity contribution in [2.45, 2.75) is 56.2 Å². The van der Waals surface area contributed by atoms with Gasteiger partial charge in [-0.25, -0.2) is 8.42 Å². The Morgan fingerprint density at radius 2 is 1.56 bits per heavy atom. The lowest BCUT2D eigenvalue weighted by atomic mass is 9.99. The van der Waals surface area contributed by atoms with Crippen LogP contribution in [0, 0.1) is 0 Å². The fraction of sp³-hybridized carbons (Fsp3) is 0.458. The van der Waals surface area contributed by atoms with Gasteiger partial charge in [-0.3, -0.25) is 4.79 Å². The monoisotopic (exact) mass is 462 g/mol. The van der Waals surface area contributed by atoms with E-state index in [9.17, 15) is 13.2 Å². The van der Waals surface area contributed by atoms with E-state index in [-0.39, 0.29) is 17.4 Å². The Kier molecular flexibility index (Phi) is 9.09. The molecule has 0 spiro atoms. The number of amides is 1. The zero-order valence-electron chi connectivity index (χ0n) is 19.3. The van der Waals surface area contributed by atoms with Crippen molar-refractivity contribution in [1.29, 1.82) is 0 Å². The van der Waals surface area contributed by atoms with E-state index in [0.29, 0.717) is 30.3 Å². The van der Waals surface area contributed by atoms with Crippen LogP contribution in [0.2, 0.25) is 0 Å². The largest absolute Gasteiger partial charge is 0.494 e. The summed E-state index contributed by atoms with van der Waals surface area (Å²) in [6.45, 7) is 9.23. The van der Waals surface area contributed by atoms with E-state index < -0.39 is 20.5 Å². The molecule has 2 unspecified atom stereocenters. The van der Waals surface area contributed by atoms with Crippen LogP contribution in [0.4, 0.5) is 0 Å². The van der Waals surface area contributed by atoms with Crippen LogP contribution in [0.25, 0.3) is 0 Å². The van der Waals surface area contributed by atoms with Crippen LogP contribution in [0.15, 0.2) is 53.4 Å². The van der Waals surface area contributed by atoms with Crippen LogP contribution in [-0.2, 0) is 21.1 Å². The fourth-order valence-corrected chi connectivity index (χ4v) is 4.99. The second-order valence-corrected chi connectivity index (χ2v) is 10.2. The zero-order valence-corrected chi connectivity index (χ0v) is 20.1. The number of carbonyl (C=O) groups is 1. The van der Waals surface area contributed by atoms with E-state index >= 15 is 0 Å². The third kappa shape index (κ3) is 6.01. The standard InChI is InChI=1S/C24H34N2O5S/c1-5-19(26-6-2)17-31-21-10-8-18(9-11-21)16-24(4,23(25)27)32(28,29)22-14-12-20(13-15-22)30-7-3/h8-15,19,26H,5-7,16-17H2,1-4H3,(H2,25,27). The first-order valence-corrected chi connectivity index (χ1v) is 12.4. The Morgan fingerprint density at radius 3 is 2.06 bits per heavy atom. The lowest BCUT2D eigenvalue weighted by Crippen LogP contribution is -2.49. The normalized spacial score (nSPS) is 14.4. The van der Waals surface area contributed by atoms with Crippen molar-refractivity contribution in [2.75, 3.05) is 19.8 Å². The Balaban J connectivity index is 2.20. The quantitative estimate of drug-likeness (QED) is 0.474. The first-order chi connectivity index (χ1) is 15.2. The second-order valence-electron chi connectivity index (χ2n) is 7.80. The summed E-state index contributed by atoms with van der Waals surface area (Å²) >= 11 is 0. The molecule has 1 amide bonds. The van der Waals surface area contributed by atoms with Crippen molar-refractivity contribution >= 4 is 15.7 Å². The molecule has 2 aromatic carbocycles. The maximum atomic E-state index is 13.3. The SMILES string of the molecule is CCNC(CC)COc1ccc(CC(C)(C(N)=O)S(=O)(=O)c2ccc(OCC)cc2)cc1. The number of carbonyl (C=O) groups excluding carboxylic acids is 1. The van der Waals surface area contributed by atoms with Crippen molar-refractivity contribution in [3.8, 4) is 11.5 Å². The number of nitrogens with one attached hydrogen (secondary N) is 1. The highest BCUT2D eigenvalue weighted by Crippen LogP contribution is 2.31. The topological polar surface area (TPSA) is 108 Å². The fourth-order valence-electron chi connectivity index (χ4n) is 3.36. The van der Waals surface area contributed by atoms with Crippen molar-refractivity contribution < 1.29 is 22.7 Å². The van der Waals surface area contributed by atoms with Gasteiger partial charge in [-0.2, -0.15) is 0 Å². The van der Waals surface area contributed by atoms with Gasteiger partial charge in [-0.15, -0.1) is 0 Å². The zero-order chi connectivity index (χ0) is 23.8. The Hall–Kier alpha value is -2.58. The predicted molar refractivity (Wildman–Crippen MR) is 126 cm³/mol. The summed E-state index contributed by atoms with van der Waals surface area (Å²) in [6, 6.07) is 13.4. The highest BCUT2D eigenvalue weighted by Gasteiger charge is 2.46. The summed E-state index contributed by atoms with van der Waals surface area (Å²) in [5.74, 6) is 0.339. The summed E-state index contributed by atoms with van der Waals surface area (Å²) in [5.41, 5.74) is 6.27. The van der Waals surface area contributed by atoms with Gasteiger partial charge in [0.15, 0.2) is 14.6 Å². The van der Waals surface area contributed by atoms with Crippen LogP contribution in [-0.4, -0.2) is 44.9 Å². The number of nitrogens with two attached hydrogens (primary N) is 1. The first-order valence-electron chi connectivity index (χ1n) is 10.9. The number of benzene rings is 2. The molecule has 2 aromatic rings. The summed E-state index contributed by atoms with van der Waals surface area (Å²) in [4.78, 5) is 12.4. The van der Waals surface area contributed by atoms with Gasteiger partial charge >= 0.3 is 0 Å². The second kappa shape index (κ2) is 11.3. The Labute approximate surface area is 191 Å². The lowest BCUT2D eigenvalue weighted by molar-refractivity contribution is -0.120. The van der Waals surface area contributed by atoms with Crippen LogP contribution in [0.5, 0.6) is 11.5 Å². The minimum absolute atomic E-state index is 0.0243. The number of hydrogen-bond acceptors (Lipinski definition) is 6. The van der Waals surface area contributed by atoms with Crippen LogP contribution in [0.1, 0.15) is 39.7 Å². The highest BCUT2D eigenvalue weighted by molar-refractivity contribution is 7.93. The maximum absolute atomic E-state index is 13.3. The smallest absolute Gasteiger partial charge is 0.239 e. The van der Waals surface area contributed by atoms with Crippen LogP contribution in [0.3, 0.4) is 0 Å². The molecule has 0 bridgehead atoms. The van der Waals surface area contributed by atoms with Crippen molar-refractivity contribution in [2.24, 2.45) is 5.73 Å². The van der Waals surface area contributed by atoms with Crippen LogP contribution >= 0.6 is 0 Å².